The molecule has 1 saturated heterocycles. The molecule has 4 nitrogen and oxygen atoms in total. The van der Waals surface area contributed by atoms with Gasteiger partial charge in [0.05, 0.1) is 6.54 Å². The molecule has 1 aliphatic rings. The summed E-state index contributed by atoms with van der Waals surface area (Å²) in [6, 6.07) is 6.25. The third-order valence-corrected chi connectivity index (χ3v) is 3.61. The van der Waals surface area contributed by atoms with Crippen LogP contribution >= 0.6 is 12.4 Å². The van der Waals surface area contributed by atoms with Gasteiger partial charge in [-0.25, -0.2) is 0 Å². The number of hydrogen-bond donors (Lipinski definition) is 1. The fourth-order valence-electron chi connectivity index (χ4n) is 2.37. The monoisotopic (exact) mass is 298 g/mol. The Morgan fingerprint density at radius 1 is 1.35 bits per heavy atom. The molecule has 0 saturated carbocycles. The molecule has 2 rings (SSSR count). The molecule has 1 amide bonds. The number of nitrogens with two attached hydrogens (primary N) is 1. The van der Waals surface area contributed by atoms with E-state index in [1.54, 1.807) is 0 Å². The highest BCUT2D eigenvalue weighted by atomic mass is 35.5. The van der Waals surface area contributed by atoms with Crippen LogP contribution in [0.2, 0.25) is 0 Å². The number of amides is 1. The molecular formula is C15H23ClN2O2. The largest absolute Gasteiger partial charge is 0.490 e. The summed E-state index contributed by atoms with van der Waals surface area (Å²) in [7, 11) is 0. The van der Waals surface area contributed by atoms with Crippen LogP contribution in [0.5, 0.6) is 5.75 Å². The summed E-state index contributed by atoms with van der Waals surface area (Å²) in [4.78, 5) is 13.3. The first kappa shape index (κ1) is 16.8. The highest BCUT2D eigenvalue weighted by Crippen LogP contribution is 2.23. The van der Waals surface area contributed by atoms with E-state index in [2.05, 4.69) is 32.0 Å². The van der Waals surface area contributed by atoms with Crippen LogP contribution in [-0.4, -0.2) is 36.5 Å². The van der Waals surface area contributed by atoms with Crippen molar-refractivity contribution in [2.75, 3.05) is 19.6 Å². The van der Waals surface area contributed by atoms with Crippen LogP contribution in [0.25, 0.3) is 0 Å². The van der Waals surface area contributed by atoms with Crippen molar-refractivity contribution in [1.82, 2.24) is 4.90 Å². The van der Waals surface area contributed by atoms with Gasteiger partial charge in [0.1, 0.15) is 11.9 Å². The van der Waals surface area contributed by atoms with Crippen molar-refractivity contribution in [3.8, 4) is 5.75 Å². The lowest BCUT2D eigenvalue weighted by atomic mass is 10.1. The molecule has 1 aliphatic heterocycles. The minimum atomic E-state index is 0. The van der Waals surface area contributed by atoms with Gasteiger partial charge in [-0.05, 0) is 31.0 Å². The van der Waals surface area contributed by atoms with Crippen molar-refractivity contribution in [2.24, 2.45) is 5.73 Å². The number of piperidine rings is 1. The molecule has 0 spiro atoms. The lowest BCUT2D eigenvalue weighted by Gasteiger charge is -2.32. The summed E-state index contributed by atoms with van der Waals surface area (Å²) in [5, 5.41) is 0. The first-order valence-corrected chi connectivity index (χ1v) is 6.82. The van der Waals surface area contributed by atoms with Crippen LogP contribution in [0, 0.1) is 13.8 Å². The average molecular weight is 299 g/mol. The third kappa shape index (κ3) is 4.12. The summed E-state index contributed by atoms with van der Waals surface area (Å²) < 4.78 is 6.06. The van der Waals surface area contributed by atoms with Gasteiger partial charge in [0.25, 0.3) is 0 Å². The molecule has 0 aromatic heterocycles. The number of aryl methyl sites for hydroxylation is 2. The molecule has 112 valence electrons. The first-order valence-electron chi connectivity index (χ1n) is 6.82. The second-order valence-corrected chi connectivity index (χ2v) is 5.17. The Kier molecular flexibility index (Phi) is 6.30. The van der Waals surface area contributed by atoms with Crippen molar-refractivity contribution in [1.29, 1.82) is 0 Å². The first-order chi connectivity index (χ1) is 9.10. The highest BCUT2D eigenvalue weighted by molar-refractivity contribution is 5.85. The predicted octanol–water partition coefficient (Wildman–Crippen LogP) is 2.05. The Bertz CT molecular complexity index is 457. The van der Waals surface area contributed by atoms with E-state index < -0.39 is 0 Å². The van der Waals surface area contributed by atoms with Crippen molar-refractivity contribution in [3.05, 3.63) is 29.3 Å². The van der Waals surface area contributed by atoms with Gasteiger partial charge >= 0.3 is 0 Å². The van der Waals surface area contributed by atoms with Crippen molar-refractivity contribution < 1.29 is 9.53 Å². The van der Waals surface area contributed by atoms with E-state index in [0.717, 1.165) is 37.2 Å². The van der Waals surface area contributed by atoms with Crippen LogP contribution in [-0.2, 0) is 4.79 Å². The number of carbonyl (C=O) groups excluding carboxylic acids is 1. The summed E-state index contributed by atoms with van der Waals surface area (Å²) in [6.07, 6.45) is 1.94. The lowest BCUT2D eigenvalue weighted by Crippen LogP contribution is -2.44. The molecule has 1 heterocycles. The van der Waals surface area contributed by atoms with Gasteiger partial charge in [0.15, 0.2) is 0 Å². The molecule has 1 aromatic carbocycles. The maximum atomic E-state index is 11.5. The van der Waals surface area contributed by atoms with Gasteiger partial charge in [0.2, 0.25) is 5.91 Å². The molecule has 1 aromatic rings. The van der Waals surface area contributed by atoms with Crippen LogP contribution in [0.3, 0.4) is 0 Å². The second kappa shape index (κ2) is 7.50. The minimum Gasteiger partial charge on any atom is -0.490 e. The normalized spacial score (nSPS) is 15.7. The molecule has 2 N–H and O–H groups in total. The molecule has 0 bridgehead atoms. The van der Waals surface area contributed by atoms with Gasteiger partial charge in [-0.15, -0.1) is 12.4 Å². The smallest absolute Gasteiger partial charge is 0.236 e. The van der Waals surface area contributed by atoms with Gasteiger partial charge in [0, 0.05) is 25.9 Å². The van der Waals surface area contributed by atoms with E-state index >= 15 is 0 Å². The van der Waals surface area contributed by atoms with E-state index in [4.69, 9.17) is 10.5 Å². The van der Waals surface area contributed by atoms with E-state index in [-0.39, 0.29) is 31.0 Å². The van der Waals surface area contributed by atoms with E-state index in [9.17, 15) is 4.79 Å². The lowest BCUT2D eigenvalue weighted by molar-refractivity contribution is -0.131. The fraction of sp³-hybridized carbons (Fsp3) is 0.533. The average Bonchev–Trinajstić information content (AvgIpc) is 2.43. The Morgan fingerprint density at radius 3 is 2.60 bits per heavy atom. The van der Waals surface area contributed by atoms with E-state index in [1.165, 1.54) is 5.56 Å². The van der Waals surface area contributed by atoms with Crippen LogP contribution in [0.1, 0.15) is 24.0 Å². The summed E-state index contributed by atoms with van der Waals surface area (Å²) in [6.45, 7) is 5.70. The fourth-order valence-corrected chi connectivity index (χ4v) is 2.37. The predicted molar refractivity (Wildman–Crippen MR) is 82.4 cm³/mol. The second-order valence-electron chi connectivity index (χ2n) is 5.17. The highest BCUT2D eigenvalue weighted by Gasteiger charge is 2.23. The van der Waals surface area contributed by atoms with E-state index in [0.29, 0.717) is 0 Å². The number of halogens is 1. The molecule has 1 fully saturated rings. The Hall–Kier alpha value is -1.26. The number of nitrogens with zero attached hydrogens (tertiary/aromatic N) is 1. The number of likely N-dealkylation sites (tertiary alicyclic amines) is 1. The molecule has 0 radical (unpaired) electrons. The Morgan fingerprint density at radius 2 is 2.00 bits per heavy atom. The van der Waals surface area contributed by atoms with Crippen molar-refractivity contribution >= 4 is 18.3 Å². The SMILES string of the molecule is Cc1ccc(C)c(OC2CCN(C(=O)CN)CC2)c1.Cl. The number of carbonyl (C=O) groups is 1. The van der Waals surface area contributed by atoms with Crippen molar-refractivity contribution in [3.63, 3.8) is 0 Å². The van der Waals surface area contributed by atoms with E-state index in [1.807, 2.05) is 4.90 Å². The Labute approximate surface area is 126 Å². The Balaban J connectivity index is 0.00000200. The van der Waals surface area contributed by atoms with Gasteiger partial charge < -0.3 is 15.4 Å². The van der Waals surface area contributed by atoms with Crippen LogP contribution in [0.4, 0.5) is 0 Å². The third-order valence-electron chi connectivity index (χ3n) is 3.61. The molecule has 0 unspecified atom stereocenters. The zero-order valence-corrected chi connectivity index (χ0v) is 12.9. The summed E-state index contributed by atoms with van der Waals surface area (Å²) >= 11 is 0. The summed E-state index contributed by atoms with van der Waals surface area (Å²) in [5.41, 5.74) is 7.74. The number of rotatable bonds is 3. The number of benzene rings is 1. The number of ether oxygens (including phenoxy) is 1. The van der Waals surface area contributed by atoms with Crippen molar-refractivity contribution in [2.45, 2.75) is 32.8 Å². The molecular weight excluding hydrogens is 276 g/mol. The zero-order chi connectivity index (χ0) is 13.8. The quantitative estimate of drug-likeness (QED) is 0.929. The maximum Gasteiger partial charge on any atom is 0.236 e. The van der Waals surface area contributed by atoms with Gasteiger partial charge in [-0.3, -0.25) is 4.79 Å². The number of hydrogen-bond acceptors (Lipinski definition) is 3. The molecule has 0 atom stereocenters. The molecule has 0 aliphatic carbocycles. The minimum absolute atomic E-state index is 0. The summed E-state index contributed by atoms with van der Waals surface area (Å²) in [5.74, 6) is 0.994. The maximum absolute atomic E-state index is 11.5. The topological polar surface area (TPSA) is 55.6 Å². The van der Waals surface area contributed by atoms with Crippen LogP contribution < -0.4 is 10.5 Å². The van der Waals surface area contributed by atoms with Gasteiger partial charge in [-0.2, -0.15) is 0 Å². The van der Waals surface area contributed by atoms with Crippen LogP contribution in [0.15, 0.2) is 18.2 Å². The zero-order valence-electron chi connectivity index (χ0n) is 12.1. The molecule has 20 heavy (non-hydrogen) atoms. The standard InChI is InChI=1S/C15H22N2O2.ClH/c1-11-3-4-12(2)14(9-11)19-13-5-7-17(8-6-13)15(18)10-16;/h3-4,9,13H,5-8,10,16H2,1-2H3;1H. The molecule has 5 heteroatoms. The van der Waals surface area contributed by atoms with Gasteiger partial charge in [-0.1, -0.05) is 12.1 Å².